The lowest BCUT2D eigenvalue weighted by Crippen LogP contribution is -2.54. The highest BCUT2D eigenvalue weighted by Crippen LogP contribution is 2.49. The molecule has 3 aromatic carbocycles. The fraction of sp³-hybridized carbons (Fsp3) is 0.297. The predicted octanol–water partition coefficient (Wildman–Crippen LogP) is 5.35. The van der Waals surface area contributed by atoms with Gasteiger partial charge in [-0.2, -0.15) is 0 Å². The van der Waals surface area contributed by atoms with E-state index in [9.17, 15) is 23.2 Å². The topological polar surface area (TPSA) is 154 Å². The number of thioether (sulfide) groups is 1. The summed E-state index contributed by atoms with van der Waals surface area (Å²) in [7, 11) is 1.72. The zero-order chi connectivity index (χ0) is 37.3. The number of carbonyl (C=O) groups is 3. The van der Waals surface area contributed by atoms with Crippen molar-refractivity contribution in [1.29, 1.82) is 0 Å². The maximum Gasteiger partial charge on any atom is 0.335 e. The Kier molecular flexibility index (Phi) is 13.0. The van der Waals surface area contributed by atoms with Gasteiger partial charge >= 0.3 is 11.9 Å². The third-order valence-electron chi connectivity index (χ3n) is 8.32. The van der Waals surface area contributed by atoms with Gasteiger partial charge in [-0.3, -0.25) is 9.59 Å². The molecule has 3 atom stereocenters. The van der Waals surface area contributed by atoms with Crippen LogP contribution in [0.4, 0.5) is 13.9 Å². The van der Waals surface area contributed by atoms with Crippen molar-refractivity contribution in [2.24, 2.45) is 18.7 Å². The van der Waals surface area contributed by atoms with Crippen molar-refractivity contribution in [1.82, 2.24) is 25.1 Å². The molecule has 1 unspecified atom stereocenters. The van der Waals surface area contributed by atoms with E-state index in [1.807, 2.05) is 18.2 Å². The van der Waals surface area contributed by atoms with Gasteiger partial charge in [0.25, 0.3) is 0 Å². The molecule has 0 fully saturated rings. The third kappa shape index (κ3) is 9.73. The van der Waals surface area contributed by atoms with Gasteiger partial charge in [0, 0.05) is 50.5 Å². The Morgan fingerprint density at radius 3 is 2.42 bits per heavy atom. The maximum absolute atomic E-state index is 14.9. The van der Waals surface area contributed by atoms with Crippen LogP contribution in [0.2, 0.25) is 0 Å². The van der Waals surface area contributed by atoms with Gasteiger partial charge in [-0.15, -0.1) is 21.5 Å². The molecule has 5 rings (SSSR count). The van der Waals surface area contributed by atoms with Crippen LogP contribution in [0.15, 0.2) is 89.7 Å². The highest BCUT2D eigenvalue weighted by Gasteiger charge is 2.53. The van der Waals surface area contributed by atoms with Crippen LogP contribution in [0.5, 0.6) is 0 Å². The van der Waals surface area contributed by atoms with Crippen molar-refractivity contribution >= 4 is 46.1 Å². The van der Waals surface area contributed by atoms with E-state index in [1.165, 1.54) is 25.4 Å². The van der Waals surface area contributed by atoms with E-state index in [2.05, 4.69) is 38.8 Å². The van der Waals surface area contributed by atoms with Crippen LogP contribution in [-0.4, -0.2) is 50.2 Å². The molecule has 2 aromatic heterocycles. The number of nitrogens with two attached hydrogens (primary N) is 1. The minimum absolute atomic E-state index is 0.0215. The molecule has 11 nitrogen and oxygen atoms in total. The number of carbonyl (C=O) groups excluding carboxylic acids is 3. The first-order valence-corrected chi connectivity index (χ1v) is 18.2. The van der Waals surface area contributed by atoms with Crippen LogP contribution >= 0.6 is 23.1 Å². The van der Waals surface area contributed by atoms with Gasteiger partial charge in [-0.25, -0.2) is 18.6 Å². The number of aryl methyl sites for hydroxylation is 2. The van der Waals surface area contributed by atoms with Crippen LogP contribution in [0.1, 0.15) is 41.8 Å². The molecule has 0 aliphatic heterocycles. The number of rotatable bonds is 16. The molecular weight excluding hydrogens is 709 g/mol. The molecule has 272 valence electrons. The van der Waals surface area contributed by atoms with Crippen molar-refractivity contribution in [3.63, 3.8) is 0 Å². The summed E-state index contributed by atoms with van der Waals surface area (Å²) in [5.74, 6) is -4.51. The number of amides is 1. The summed E-state index contributed by atoms with van der Waals surface area (Å²) in [6, 6.07) is 19.1. The van der Waals surface area contributed by atoms with Crippen molar-refractivity contribution in [3.05, 3.63) is 124 Å². The lowest BCUT2D eigenvalue weighted by molar-refractivity contribution is -0.162. The van der Waals surface area contributed by atoms with Crippen molar-refractivity contribution in [3.8, 4) is 0 Å². The smallest absolute Gasteiger partial charge is 0.335 e. The average molecular weight is 748 g/mol. The quantitative estimate of drug-likeness (QED) is 0.0685. The van der Waals surface area contributed by atoms with Gasteiger partial charge in [0.2, 0.25) is 5.91 Å². The second-order valence-electron chi connectivity index (χ2n) is 12.2. The lowest BCUT2D eigenvalue weighted by Gasteiger charge is -2.41. The summed E-state index contributed by atoms with van der Waals surface area (Å²) >= 11 is 2.16. The number of hydrogen-bond donors (Lipinski definition) is 3. The predicted molar refractivity (Wildman–Crippen MR) is 195 cm³/mol. The first kappa shape index (κ1) is 38.4. The molecule has 4 N–H and O–H groups in total. The SMILES string of the molecule is CCc1cccc(CNC[C@H]([C@@H](N)Cc2cc(F)cc(F)c2)C(Sc2nncn2C)(C(=O)OC(=O)Cc2csc(NC(C)=O)n2)c2ccccc2)c1. The van der Waals surface area contributed by atoms with Crippen LogP contribution in [0.3, 0.4) is 0 Å². The van der Waals surface area contributed by atoms with Gasteiger partial charge < -0.3 is 25.7 Å². The molecule has 2 heterocycles. The average Bonchev–Trinajstić information content (AvgIpc) is 3.72. The number of aromatic nitrogens is 4. The number of nitrogens with zero attached hydrogens (tertiary/aromatic N) is 4. The van der Waals surface area contributed by atoms with E-state index < -0.39 is 40.3 Å². The molecule has 0 aliphatic carbocycles. The maximum atomic E-state index is 14.9. The Bertz CT molecular complexity index is 1990. The summed E-state index contributed by atoms with van der Waals surface area (Å²) in [5, 5.41) is 16.5. The molecule has 1 amide bonds. The summed E-state index contributed by atoms with van der Waals surface area (Å²) in [6.45, 7) is 3.94. The van der Waals surface area contributed by atoms with E-state index in [0.29, 0.717) is 33.7 Å². The summed E-state index contributed by atoms with van der Waals surface area (Å²) in [6.07, 6.45) is 1.96. The summed E-state index contributed by atoms with van der Waals surface area (Å²) in [5.41, 5.74) is 10.2. The highest BCUT2D eigenvalue weighted by molar-refractivity contribution is 8.00. The van der Waals surface area contributed by atoms with Crippen molar-refractivity contribution in [2.75, 3.05) is 11.9 Å². The van der Waals surface area contributed by atoms with Crippen molar-refractivity contribution < 1.29 is 27.9 Å². The second kappa shape index (κ2) is 17.6. The molecule has 0 saturated heterocycles. The lowest BCUT2D eigenvalue weighted by atomic mass is 9.78. The molecule has 52 heavy (non-hydrogen) atoms. The molecular formula is C37H39F2N7O4S2. The van der Waals surface area contributed by atoms with Crippen LogP contribution < -0.4 is 16.4 Å². The number of benzene rings is 3. The fourth-order valence-electron chi connectivity index (χ4n) is 5.89. The Morgan fingerprint density at radius 2 is 1.75 bits per heavy atom. The molecule has 0 aliphatic rings. The largest absolute Gasteiger partial charge is 0.392 e. The van der Waals surface area contributed by atoms with Gasteiger partial charge in [0.05, 0.1) is 12.1 Å². The van der Waals surface area contributed by atoms with E-state index in [-0.39, 0.29) is 25.3 Å². The normalized spacial score (nSPS) is 13.6. The van der Waals surface area contributed by atoms with Crippen molar-refractivity contribution in [2.45, 2.75) is 55.6 Å². The minimum atomic E-state index is -1.75. The van der Waals surface area contributed by atoms with E-state index >= 15 is 0 Å². The van der Waals surface area contributed by atoms with Gasteiger partial charge in [-0.05, 0) is 47.2 Å². The van der Waals surface area contributed by atoms with Crippen LogP contribution in [-0.2, 0) is 56.7 Å². The standard InChI is InChI=1S/C37H39F2N7O4S2/c1-4-24-9-8-10-25(13-24)19-41-20-31(32(40)16-26-14-28(38)17-29(39)15-26)37(27-11-6-5-7-12-27,52-36-45-42-22-46(36)3)34(49)50-33(48)18-30-21-51-35(44-30)43-23(2)47/h5-15,17,21-22,31-32,41H,4,16,18-20,40H2,1-3H3,(H,43,44,47)/t31-,32+,37?/m1/s1. The van der Waals surface area contributed by atoms with Gasteiger partial charge in [0.1, 0.15) is 18.0 Å². The van der Waals surface area contributed by atoms with Crippen LogP contribution in [0, 0.1) is 17.6 Å². The molecule has 0 spiro atoms. The number of ether oxygens (including phenoxy) is 1. The fourth-order valence-corrected chi connectivity index (χ4v) is 8.00. The molecule has 0 radical (unpaired) electrons. The summed E-state index contributed by atoms with van der Waals surface area (Å²) in [4.78, 5) is 44.1. The number of halogens is 2. The third-order valence-corrected chi connectivity index (χ3v) is 10.7. The molecule has 15 heteroatoms. The van der Waals surface area contributed by atoms with Crippen LogP contribution in [0.25, 0.3) is 0 Å². The van der Waals surface area contributed by atoms with Gasteiger partial charge in [-0.1, -0.05) is 73.3 Å². The first-order chi connectivity index (χ1) is 25.0. The Balaban J connectivity index is 1.58. The number of hydrogen-bond acceptors (Lipinski definition) is 11. The molecule has 5 aromatic rings. The Labute approximate surface area is 308 Å². The molecule has 0 bridgehead atoms. The Hall–Kier alpha value is -4.83. The number of anilines is 1. The zero-order valence-electron chi connectivity index (χ0n) is 28.8. The minimum Gasteiger partial charge on any atom is -0.392 e. The highest BCUT2D eigenvalue weighted by atomic mass is 32.2. The number of thiazole rings is 1. The zero-order valence-corrected chi connectivity index (χ0v) is 30.5. The molecule has 0 saturated carbocycles. The summed E-state index contributed by atoms with van der Waals surface area (Å²) < 4.78 is 34.3. The van der Waals surface area contributed by atoms with E-state index in [4.69, 9.17) is 10.5 Å². The second-order valence-corrected chi connectivity index (χ2v) is 14.3. The number of nitrogens with one attached hydrogen (secondary N) is 2. The van der Waals surface area contributed by atoms with E-state index in [1.54, 1.807) is 47.3 Å². The number of esters is 2. The Morgan fingerprint density at radius 1 is 1.02 bits per heavy atom. The van der Waals surface area contributed by atoms with E-state index in [0.717, 1.165) is 46.7 Å². The monoisotopic (exact) mass is 747 g/mol. The first-order valence-electron chi connectivity index (χ1n) is 16.5. The van der Waals surface area contributed by atoms with Gasteiger partial charge in [0.15, 0.2) is 15.0 Å².